The van der Waals surface area contributed by atoms with E-state index in [1.165, 1.54) is 0 Å². The lowest BCUT2D eigenvalue weighted by atomic mass is 10.1. The quantitative estimate of drug-likeness (QED) is 0.854. The molecule has 2 heterocycles. The first-order valence-corrected chi connectivity index (χ1v) is 6.34. The molecular weight excluding hydrogens is 238 g/mol. The van der Waals surface area contributed by atoms with Crippen LogP contribution in [0.2, 0.25) is 0 Å². The zero-order chi connectivity index (χ0) is 13.7. The van der Waals surface area contributed by atoms with Crippen molar-refractivity contribution >= 4 is 22.6 Å². The van der Waals surface area contributed by atoms with E-state index in [2.05, 4.69) is 15.3 Å². The molecule has 0 bridgehead atoms. The number of carbonyl (C=O) groups excluding carboxylic acids is 1. The summed E-state index contributed by atoms with van der Waals surface area (Å²) in [4.78, 5) is 20.6. The molecule has 1 atom stereocenters. The van der Waals surface area contributed by atoms with Crippen LogP contribution in [0, 0.1) is 5.92 Å². The average Bonchev–Trinajstić information content (AvgIpc) is 2.45. The molecule has 2 aromatic rings. The van der Waals surface area contributed by atoms with E-state index >= 15 is 0 Å². The SMILES string of the molecule is C/C=C/CC(C)C(=O)Nc1ccnc2cccnc12. The van der Waals surface area contributed by atoms with Crippen LogP contribution in [0.5, 0.6) is 0 Å². The van der Waals surface area contributed by atoms with E-state index in [0.29, 0.717) is 5.69 Å². The molecule has 98 valence electrons. The Labute approximate surface area is 112 Å². The van der Waals surface area contributed by atoms with Crippen molar-refractivity contribution in [3.05, 3.63) is 42.7 Å². The van der Waals surface area contributed by atoms with Gasteiger partial charge in [0.2, 0.25) is 5.91 Å². The van der Waals surface area contributed by atoms with E-state index in [-0.39, 0.29) is 11.8 Å². The van der Waals surface area contributed by atoms with Gasteiger partial charge in [-0.1, -0.05) is 19.1 Å². The number of aromatic nitrogens is 2. The van der Waals surface area contributed by atoms with Crippen molar-refractivity contribution in [3.8, 4) is 0 Å². The maximum Gasteiger partial charge on any atom is 0.227 e. The minimum atomic E-state index is -0.0665. The fourth-order valence-corrected chi connectivity index (χ4v) is 1.78. The molecule has 0 aliphatic rings. The Morgan fingerprint density at radius 3 is 3.00 bits per heavy atom. The number of carbonyl (C=O) groups is 1. The van der Waals surface area contributed by atoms with Gasteiger partial charge >= 0.3 is 0 Å². The summed E-state index contributed by atoms with van der Waals surface area (Å²) in [5.41, 5.74) is 2.21. The number of nitrogens with one attached hydrogen (secondary N) is 1. The molecule has 0 spiro atoms. The van der Waals surface area contributed by atoms with E-state index in [9.17, 15) is 4.79 Å². The molecule has 0 saturated heterocycles. The van der Waals surface area contributed by atoms with Crippen molar-refractivity contribution in [3.63, 3.8) is 0 Å². The van der Waals surface area contributed by atoms with Crippen LogP contribution in [-0.2, 0) is 4.79 Å². The van der Waals surface area contributed by atoms with Gasteiger partial charge in [-0.2, -0.15) is 0 Å². The summed E-state index contributed by atoms with van der Waals surface area (Å²) in [6, 6.07) is 5.48. The Kier molecular flexibility index (Phi) is 4.23. The molecule has 2 rings (SSSR count). The molecule has 0 radical (unpaired) electrons. The Bertz CT molecular complexity index is 602. The van der Waals surface area contributed by atoms with E-state index in [0.717, 1.165) is 17.5 Å². The Balaban J connectivity index is 2.19. The van der Waals surface area contributed by atoms with Gasteiger partial charge < -0.3 is 5.32 Å². The third-order valence-corrected chi connectivity index (χ3v) is 2.93. The highest BCUT2D eigenvalue weighted by Gasteiger charge is 2.13. The number of rotatable bonds is 4. The fraction of sp³-hybridized carbons (Fsp3) is 0.267. The summed E-state index contributed by atoms with van der Waals surface area (Å²) >= 11 is 0. The summed E-state index contributed by atoms with van der Waals surface area (Å²) in [6.45, 7) is 3.86. The van der Waals surface area contributed by atoms with Crippen molar-refractivity contribution in [1.29, 1.82) is 0 Å². The second-order valence-corrected chi connectivity index (χ2v) is 4.42. The highest BCUT2D eigenvalue weighted by molar-refractivity contribution is 5.99. The Morgan fingerprint density at radius 1 is 1.37 bits per heavy atom. The molecule has 0 saturated carbocycles. The van der Waals surface area contributed by atoms with Crippen LogP contribution in [0.1, 0.15) is 20.3 Å². The van der Waals surface area contributed by atoms with E-state index < -0.39 is 0 Å². The van der Waals surface area contributed by atoms with Gasteiger partial charge in [0.1, 0.15) is 5.52 Å². The molecule has 1 N–H and O–H groups in total. The smallest absolute Gasteiger partial charge is 0.227 e. The first kappa shape index (κ1) is 13.2. The van der Waals surface area contributed by atoms with Crippen LogP contribution in [0.4, 0.5) is 5.69 Å². The molecule has 0 aromatic carbocycles. The number of fused-ring (bicyclic) bond motifs is 1. The van der Waals surface area contributed by atoms with Gasteiger partial charge in [-0.15, -0.1) is 0 Å². The average molecular weight is 255 g/mol. The topological polar surface area (TPSA) is 54.9 Å². The maximum absolute atomic E-state index is 12.1. The van der Waals surface area contributed by atoms with Gasteiger partial charge in [-0.25, -0.2) is 0 Å². The molecule has 0 aliphatic heterocycles. The lowest BCUT2D eigenvalue weighted by Crippen LogP contribution is -2.20. The predicted octanol–water partition coefficient (Wildman–Crippen LogP) is 3.17. The van der Waals surface area contributed by atoms with Crippen LogP contribution in [0.25, 0.3) is 11.0 Å². The number of amides is 1. The largest absolute Gasteiger partial charge is 0.324 e. The zero-order valence-corrected chi connectivity index (χ0v) is 11.1. The van der Waals surface area contributed by atoms with Crippen LogP contribution in [-0.4, -0.2) is 15.9 Å². The third-order valence-electron chi connectivity index (χ3n) is 2.93. The molecule has 0 aliphatic carbocycles. The molecular formula is C15H17N3O. The monoisotopic (exact) mass is 255 g/mol. The van der Waals surface area contributed by atoms with Crippen molar-refractivity contribution in [2.45, 2.75) is 20.3 Å². The molecule has 1 amide bonds. The molecule has 1 unspecified atom stereocenters. The van der Waals surface area contributed by atoms with Gasteiger partial charge in [-0.05, 0) is 31.5 Å². The molecule has 19 heavy (non-hydrogen) atoms. The highest BCUT2D eigenvalue weighted by atomic mass is 16.1. The minimum absolute atomic E-state index is 0.00347. The number of anilines is 1. The number of pyridine rings is 2. The summed E-state index contributed by atoms with van der Waals surface area (Å²) in [5, 5.41) is 2.92. The van der Waals surface area contributed by atoms with Gasteiger partial charge in [0.25, 0.3) is 0 Å². The zero-order valence-electron chi connectivity index (χ0n) is 11.1. The molecule has 4 nitrogen and oxygen atoms in total. The third kappa shape index (κ3) is 3.16. The van der Waals surface area contributed by atoms with E-state index in [4.69, 9.17) is 0 Å². The number of hydrogen-bond donors (Lipinski definition) is 1. The molecule has 0 fully saturated rings. The first-order valence-electron chi connectivity index (χ1n) is 6.34. The van der Waals surface area contributed by atoms with Gasteiger partial charge in [0.15, 0.2) is 0 Å². The summed E-state index contributed by atoms with van der Waals surface area (Å²) in [6.07, 6.45) is 8.05. The summed E-state index contributed by atoms with van der Waals surface area (Å²) < 4.78 is 0. The number of allylic oxidation sites excluding steroid dienone is 2. The lowest BCUT2D eigenvalue weighted by molar-refractivity contribution is -0.119. The maximum atomic E-state index is 12.1. The van der Waals surface area contributed by atoms with Crippen LogP contribution in [0.15, 0.2) is 42.7 Å². The van der Waals surface area contributed by atoms with Crippen LogP contribution >= 0.6 is 0 Å². The van der Waals surface area contributed by atoms with Gasteiger partial charge in [-0.3, -0.25) is 14.8 Å². The Hall–Kier alpha value is -2.23. The van der Waals surface area contributed by atoms with Crippen LogP contribution in [0.3, 0.4) is 0 Å². The molecule has 2 aromatic heterocycles. The van der Waals surface area contributed by atoms with Gasteiger partial charge in [0, 0.05) is 18.3 Å². The molecule has 4 heteroatoms. The highest BCUT2D eigenvalue weighted by Crippen LogP contribution is 2.19. The van der Waals surface area contributed by atoms with Crippen molar-refractivity contribution in [2.24, 2.45) is 5.92 Å². The van der Waals surface area contributed by atoms with Crippen LogP contribution < -0.4 is 5.32 Å². The number of nitrogens with zero attached hydrogens (tertiary/aromatic N) is 2. The summed E-state index contributed by atoms with van der Waals surface area (Å²) in [7, 11) is 0. The van der Waals surface area contributed by atoms with Crippen molar-refractivity contribution in [2.75, 3.05) is 5.32 Å². The second-order valence-electron chi connectivity index (χ2n) is 4.42. The normalized spacial score (nSPS) is 12.7. The Morgan fingerprint density at radius 2 is 2.21 bits per heavy atom. The fourth-order valence-electron chi connectivity index (χ4n) is 1.78. The predicted molar refractivity (Wildman–Crippen MR) is 76.8 cm³/mol. The lowest BCUT2D eigenvalue weighted by Gasteiger charge is -2.11. The van der Waals surface area contributed by atoms with Crippen molar-refractivity contribution in [1.82, 2.24) is 9.97 Å². The summed E-state index contributed by atoms with van der Waals surface area (Å²) in [5.74, 6) is -0.0700. The standard InChI is InChI=1S/C15H17N3O/c1-3-4-6-11(2)15(19)18-13-8-10-16-12-7-5-9-17-14(12)13/h3-5,7-11H,6H2,1-2H3,(H,16,18,19)/b4-3+. The second kappa shape index (κ2) is 6.09. The van der Waals surface area contributed by atoms with E-state index in [1.807, 2.05) is 38.1 Å². The first-order chi connectivity index (χ1) is 9.22. The van der Waals surface area contributed by atoms with E-state index in [1.54, 1.807) is 18.5 Å². The van der Waals surface area contributed by atoms with Crippen molar-refractivity contribution < 1.29 is 4.79 Å². The van der Waals surface area contributed by atoms with Gasteiger partial charge in [0.05, 0.1) is 11.2 Å². The minimum Gasteiger partial charge on any atom is -0.324 e. The number of hydrogen-bond acceptors (Lipinski definition) is 3.